The minimum atomic E-state index is -0.313. The molecule has 3 nitrogen and oxygen atoms in total. The first kappa shape index (κ1) is 13.0. The van der Waals surface area contributed by atoms with Crippen molar-refractivity contribution in [3.8, 4) is 0 Å². The van der Waals surface area contributed by atoms with E-state index in [9.17, 15) is 4.79 Å². The van der Waals surface area contributed by atoms with Crippen LogP contribution in [0.3, 0.4) is 0 Å². The molecule has 3 aromatic rings. The summed E-state index contributed by atoms with van der Waals surface area (Å²) in [5, 5.41) is 1.86. The average Bonchev–Trinajstić information content (AvgIpc) is 2.83. The van der Waals surface area contributed by atoms with Crippen molar-refractivity contribution in [3.63, 3.8) is 0 Å². The standard InChI is InChI=1S/C17H18O3/c1-4-5-10(2)15-9-13-14(19-15)7-6-12-11(3)8-16(18)20-17(12)13/h6-10H,4-5H2,1-3H3. The quantitative estimate of drug-likeness (QED) is 0.645. The van der Waals surface area contributed by atoms with Gasteiger partial charge in [-0.05, 0) is 37.1 Å². The molecule has 1 aromatic carbocycles. The van der Waals surface area contributed by atoms with Gasteiger partial charge in [0.1, 0.15) is 16.9 Å². The predicted octanol–water partition coefficient (Wildman–Crippen LogP) is 4.75. The molecule has 0 aliphatic heterocycles. The molecule has 1 unspecified atom stereocenters. The second-order valence-electron chi connectivity index (χ2n) is 5.44. The van der Waals surface area contributed by atoms with E-state index in [1.54, 1.807) is 0 Å². The monoisotopic (exact) mass is 270 g/mol. The molecule has 0 saturated heterocycles. The van der Waals surface area contributed by atoms with Crippen LogP contribution in [0.25, 0.3) is 21.9 Å². The molecule has 1 atom stereocenters. The van der Waals surface area contributed by atoms with Crippen LogP contribution in [-0.4, -0.2) is 0 Å². The van der Waals surface area contributed by atoms with Crippen molar-refractivity contribution in [3.05, 3.63) is 46.0 Å². The van der Waals surface area contributed by atoms with Crippen molar-refractivity contribution in [2.75, 3.05) is 0 Å². The number of benzene rings is 1. The van der Waals surface area contributed by atoms with E-state index >= 15 is 0 Å². The Hall–Kier alpha value is -2.03. The Kier molecular flexibility index (Phi) is 3.13. The Morgan fingerprint density at radius 1 is 1.15 bits per heavy atom. The molecule has 0 saturated carbocycles. The largest absolute Gasteiger partial charge is 0.461 e. The predicted molar refractivity (Wildman–Crippen MR) is 80.3 cm³/mol. The smallest absolute Gasteiger partial charge is 0.336 e. The maximum atomic E-state index is 11.6. The van der Waals surface area contributed by atoms with Crippen LogP contribution in [0.5, 0.6) is 0 Å². The summed E-state index contributed by atoms with van der Waals surface area (Å²) in [6, 6.07) is 7.44. The molecule has 0 spiro atoms. The van der Waals surface area contributed by atoms with Crippen LogP contribution in [0.2, 0.25) is 0 Å². The van der Waals surface area contributed by atoms with Gasteiger partial charge in [0.25, 0.3) is 0 Å². The van der Waals surface area contributed by atoms with Gasteiger partial charge in [-0.15, -0.1) is 0 Å². The summed E-state index contributed by atoms with van der Waals surface area (Å²) in [6.45, 7) is 6.24. The van der Waals surface area contributed by atoms with Crippen LogP contribution < -0.4 is 5.63 Å². The SMILES string of the molecule is CCCC(C)c1cc2c(ccc3c(C)cc(=O)oc32)o1. The van der Waals surface area contributed by atoms with Crippen LogP contribution in [0.4, 0.5) is 0 Å². The molecule has 0 aliphatic rings. The third-order valence-corrected chi connectivity index (χ3v) is 3.84. The lowest BCUT2D eigenvalue weighted by Gasteiger charge is -2.04. The maximum Gasteiger partial charge on any atom is 0.336 e. The van der Waals surface area contributed by atoms with Crippen LogP contribution in [0.1, 0.15) is 43.9 Å². The molecule has 104 valence electrons. The summed E-state index contributed by atoms with van der Waals surface area (Å²) in [7, 11) is 0. The normalized spacial score (nSPS) is 13.2. The first-order valence-corrected chi connectivity index (χ1v) is 7.07. The lowest BCUT2D eigenvalue weighted by molar-refractivity contribution is 0.486. The third-order valence-electron chi connectivity index (χ3n) is 3.84. The number of fused-ring (bicyclic) bond motifs is 3. The molecule has 2 heterocycles. The van der Waals surface area contributed by atoms with Gasteiger partial charge >= 0.3 is 5.63 Å². The van der Waals surface area contributed by atoms with E-state index in [4.69, 9.17) is 8.83 Å². The number of aryl methyl sites for hydroxylation is 1. The zero-order chi connectivity index (χ0) is 14.3. The fourth-order valence-electron chi connectivity index (χ4n) is 2.73. The first-order chi connectivity index (χ1) is 9.60. The third kappa shape index (κ3) is 2.03. The Balaban J connectivity index is 2.28. The topological polar surface area (TPSA) is 43.4 Å². The molecular formula is C17H18O3. The zero-order valence-corrected chi connectivity index (χ0v) is 12.0. The fraction of sp³-hybridized carbons (Fsp3) is 0.353. The number of hydrogen-bond donors (Lipinski definition) is 0. The fourth-order valence-corrected chi connectivity index (χ4v) is 2.73. The Bertz CT molecular complexity index is 823. The van der Waals surface area contributed by atoms with Crippen LogP contribution in [0.15, 0.2) is 37.9 Å². The van der Waals surface area contributed by atoms with E-state index in [0.717, 1.165) is 40.5 Å². The van der Waals surface area contributed by atoms with Crippen molar-refractivity contribution in [2.45, 2.75) is 39.5 Å². The van der Waals surface area contributed by atoms with Crippen LogP contribution >= 0.6 is 0 Å². The maximum absolute atomic E-state index is 11.6. The molecule has 0 amide bonds. The highest BCUT2D eigenvalue weighted by atomic mass is 16.4. The van der Waals surface area contributed by atoms with Gasteiger partial charge in [-0.25, -0.2) is 4.79 Å². The van der Waals surface area contributed by atoms with E-state index in [0.29, 0.717) is 11.5 Å². The molecule has 3 rings (SSSR count). The molecular weight excluding hydrogens is 252 g/mol. The van der Waals surface area contributed by atoms with E-state index < -0.39 is 0 Å². The second-order valence-corrected chi connectivity index (χ2v) is 5.44. The van der Waals surface area contributed by atoms with Crippen molar-refractivity contribution >= 4 is 21.9 Å². The molecule has 2 aromatic heterocycles. The van der Waals surface area contributed by atoms with Crippen molar-refractivity contribution < 1.29 is 8.83 Å². The van der Waals surface area contributed by atoms with Crippen LogP contribution in [-0.2, 0) is 0 Å². The van der Waals surface area contributed by atoms with E-state index in [-0.39, 0.29) is 5.63 Å². The summed E-state index contributed by atoms with van der Waals surface area (Å²) >= 11 is 0. The molecule has 20 heavy (non-hydrogen) atoms. The molecule has 0 aliphatic carbocycles. The minimum Gasteiger partial charge on any atom is -0.461 e. The molecule has 0 fully saturated rings. The minimum absolute atomic E-state index is 0.313. The van der Waals surface area contributed by atoms with Gasteiger partial charge in [-0.3, -0.25) is 0 Å². The van der Waals surface area contributed by atoms with Crippen molar-refractivity contribution in [1.82, 2.24) is 0 Å². The van der Waals surface area contributed by atoms with E-state index in [1.165, 1.54) is 6.07 Å². The van der Waals surface area contributed by atoms with Crippen molar-refractivity contribution in [2.24, 2.45) is 0 Å². The molecule has 3 heteroatoms. The highest BCUT2D eigenvalue weighted by molar-refractivity contribution is 6.03. The van der Waals surface area contributed by atoms with Crippen LogP contribution in [0, 0.1) is 6.92 Å². The van der Waals surface area contributed by atoms with Gasteiger partial charge < -0.3 is 8.83 Å². The number of hydrogen-bond acceptors (Lipinski definition) is 3. The molecule has 0 N–H and O–H groups in total. The van der Waals surface area contributed by atoms with E-state index in [1.807, 2.05) is 25.1 Å². The van der Waals surface area contributed by atoms with Gasteiger partial charge in [-0.1, -0.05) is 20.3 Å². The molecule has 0 bridgehead atoms. The second kappa shape index (κ2) is 4.82. The Morgan fingerprint density at radius 3 is 2.70 bits per heavy atom. The summed E-state index contributed by atoms with van der Waals surface area (Å²) in [4.78, 5) is 11.6. The van der Waals surface area contributed by atoms with E-state index in [2.05, 4.69) is 13.8 Å². The Labute approximate surface area is 117 Å². The van der Waals surface area contributed by atoms with Gasteiger partial charge in [0.2, 0.25) is 0 Å². The van der Waals surface area contributed by atoms with Gasteiger partial charge in [0.15, 0.2) is 0 Å². The summed E-state index contributed by atoms with van der Waals surface area (Å²) in [6.07, 6.45) is 2.20. The summed E-state index contributed by atoms with van der Waals surface area (Å²) in [5.41, 5.74) is 2.03. The lowest BCUT2D eigenvalue weighted by atomic mass is 10.0. The highest BCUT2D eigenvalue weighted by Crippen LogP contribution is 2.32. The van der Waals surface area contributed by atoms with Gasteiger partial charge in [-0.2, -0.15) is 0 Å². The summed E-state index contributed by atoms with van der Waals surface area (Å²) < 4.78 is 11.3. The average molecular weight is 270 g/mol. The lowest BCUT2D eigenvalue weighted by Crippen LogP contribution is -1.97. The Morgan fingerprint density at radius 2 is 1.95 bits per heavy atom. The number of rotatable bonds is 3. The zero-order valence-electron chi connectivity index (χ0n) is 12.0. The number of furan rings is 1. The highest BCUT2D eigenvalue weighted by Gasteiger charge is 2.14. The van der Waals surface area contributed by atoms with Crippen molar-refractivity contribution in [1.29, 1.82) is 0 Å². The van der Waals surface area contributed by atoms with Gasteiger partial charge in [0.05, 0.1) is 5.39 Å². The first-order valence-electron chi connectivity index (χ1n) is 7.07. The molecule has 0 radical (unpaired) electrons. The van der Waals surface area contributed by atoms with Gasteiger partial charge in [0, 0.05) is 17.4 Å². The summed E-state index contributed by atoms with van der Waals surface area (Å²) in [5.74, 6) is 1.33.